The largest absolute Gasteiger partial charge is 0.391 e. The van der Waals surface area contributed by atoms with Crippen molar-refractivity contribution in [2.75, 3.05) is 13.2 Å². The Bertz CT molecular complexity index is 553. The summed E-state index contributed by atoms with van der Waals surface area (Å²) in [5.74, 6) is 0.244. The lowest BCUT2D eigenvalue weighted by Crippen LogP contribution is -2.32. The highest BCUT2D eigenvalue weighted by Crippen LogP contribution is 2.27. The van der Waals surface area contributed by atoms with E-state index in [1.165, 1.54) is 0 Å². The van der Waals surface area contributed by atoms with Crippen LogP contribution < -0.4 is 4.72 Å². The normalized spacial score (nSPS) is 23.4. The van der Waals surface area contributed by atoms with Crippen LogP contribution in [0.3, 0.4) is 0 Å². The first-order chi connectivity index (χ1) is 9.47. The van der Waals surface area contributed by atoms with E-state index in [1.54, 1.807) is 13.0 Å². The Kier molecular flexibility index (Phi) is 5.19. The van der Waals surface area contributed by atoms with E-state index >= 15 is 0 Å². The van der Waals surface area contributed by atoms with Gasteiger partial charge in [0.15, 0.2) is 0 Å². The molecular weight excluding hydrogens is 298 g/mol. The molecule has 7 heteroatoms. The van der Waals surface area contributed by atoms with Gasteiger partial charge in [-0.3, -0.25) is 0 Å². The molecule has 0 bridgehead atoms. The lowest BCUT2D eigenvalue weighted by Gasteiger charge is -2.16. The second kappa shape index (κ2) is 6.53. The fourth-order valence-electron chi connectivity index (χ4n) is 2.44. The number of hydrogen-bond acceptors (Lipinski definition) is 5. The van der Waals surface area contributed by atoms with E-state index in [-0.39, 0.29) is 22.8 Å². The fourth-order valence-corrected chi connectivity index (χ4v) is 5.03. The molecule has 2 heterocycles. The van der Waals surface area contributed by atoms with Gasteiger partial charge < -0.3 is 9.84 Å². The lowest BCUT2D eigenvalue weighted by atomic mass is 10.0. The Morgan fingerprint density at radius 1 is 1.55 bits per heavy atom. The van der Waals surface area contributed by atoms with Crippen molar-refractivity contribution in [1.82, 2.24) is 4.72 Å². The van der Waals surface area contributed by atoms with Gasteiger partial charge in [0.1, 0.15) is 4.21 Å². The van der Waals surface area contributed by atoms with E-state index in [0.717, 1.165) is 29.7 Å². The molecule has 0 saturated carbocycles. The van der Waals surface area contributed by atoms with Crippen LogP contribution in [0, 0.1) is 12.8 Å². The number of sulfonamides is 1. The average molecular weight is 319 g/mol. The van der Waals surface area contributed by atoms with E-state index in [9.17, 15) is 8.42 Å². The van der Waals surface area contributed by atoms with Crippen LogP contribution in [0.25, 0.3) is 0 Å². The third-order valence-electron chi connectivity index (χ3n) is 3.69. The van der Waals surface area contributed by atoms with Gasteiger partial charge in [-0.1, -0.05) is 6.92 Å². The second-order valence-electron chi connectivity index (χ2n) is 5.05. The monoisotopic (exact) mass is 319 g/mol. The van der Waals surface area contributed by atoms with Crippen molar-refractivity contribution in [3.8, 4) is 0 Å². The molecule has 0 aliphatic carbocycles. The predicted molar refractivity (Wildman–Crippen MR) is 78.3 cm³/mol. The van der Waals surface area contributed by atoms with Crippen LogP contribution in [0.4, 0.5) is 0 Å². The van der Waals surface area contributed by atoms with Crippen molar-refractivity contribution in [2.45, 2.75) is 43.6 Å². The van der Waals surface area contributed by atoms with Crippen LogP contribution in [-0.2, 0) is 21.4 Å². The van der Waals surface area contributed by atoms with Gasteiger partial charge in [0.05, 0.1) is 12.7 Å². The van der Waals surface area contributed by atoms with Crippen molar-refractivity contribution in [3.05, 3.63) is 16.5 Å². The number of aliphatic hydroxyl groups excluding tert-OH is 1. The molecule has 2 atom stereocenters. The van der Waals surface area contributed by atoms with Gasteiger partial charge >= 0.3 is 0 Å². The molecular formula is C13H21NO4S2. The maximum atomic E-state index is 12.2. The topological polar surface area (TPSA) is 75.6 Å². The highest BCUT2D eigenvalue weighted by Gasteiger charge is 2.28. The minimum Gasteiger partial charge on any atom is -0.391 e. The molecule has 114 valence electrons. The van der Waals surface area contributed by atoms with E-state index in [4.69, 9.17) is 9.84 Å². The van der Waals surface area contributed by atoms with E-state index in [0.29, 0.717) is 18.0 Å². The Labute approximate surface area is 124 Å². The summed E-state index contributed by atoms with van der Waals surface area (Å²) in [6.07, 6.45) is 1.95. The molecule has 0 radical (unpaired) electrons. The molecule has 2 unspecified atom stereocenters. The molecule has 1 aliphatic heterocycles. The third-order valence-corrected chi connectivity index (χ3v) is 6.81. The van der Waals surface area contributed by atoms with Gasteiger partial charge in [-0.25, -0.2) is 13.1 Å². The summed E-state index contributed by atoms with van der Waals surface area (Å²) >= 11 is 1.12. The van der Waals surface area contributed by atoms with Gasteiger partial charge in [0.25, 0.3) is 0 Å². The van der Waals surface area contributed by atoms with Crippen molar-refractivity contribution in [1.29, 1.82) is 0 Å². The van der Waals surface area contributed by atoms with E-state index < -0.39 is 10.0 Å². The smallest absolute Gasteiger partial charge is 0.250 e. The standard InChI is InChI=1S/C13H21NO4S2/c1-3-11-10(4-5-18-11)7-14-20(16,17)13-6-9(2)12(8-15)19-13/h6,10-11,14-15H,3-5,7-8H2,1-2H3. The Morgan fingerprint density at radius 3 is 2.90 bits per heavy atom. The minimum absolute atomic E-state index is 0.125. The Balaban J connectivity index is 2.03. The molecule has 1 aromatic rings. The quantitative estimate of drug-likeness (QED) is 0.836. The average Bonchev–Trinajstić information content (AvgIpc) is 3.02. The summed E-state index contributed by atoms with van der Waals surface area (Å²) in [7, 11) is -3.49. The summed E-state index contributed by atoms with van der Waals surface area (Å²) in [5, 5.41) is 9.15. The van der Waals surface area contributed by atoms with Crippen LogP contribution in [0.5, 0.6) is 0 Å². The van der Waals surface area contributed by atoms with Crippen molar-refractivity contribution >= 4 is 21.4 Å². The van der Waals surface area contributed by atoms with Crippen LogP contribution in [0.2, 0.25) is 0 Å². The molecule has 0 amide bonds. The van der Waals surface area contributed by atoms with Gasteiger partial charge in [-0.2, -0.15) is 0 Å². The molecule has 1 saturated heterocycles. The zero-order valence-electron chi connectivity index (χ0n) is 11.8. The molecule has 2 N–H and O–H groups in total. The summed E-state index contributed by atoms with van der Waals surface area (Å²) in [6.45, 7) is 4.84. The van der Waals surface area contributed by atoms with Gasteiger partial charge in [-0.05, 0) is 31.4 Å². The highest BCUT2D eigenvalue weighted by molar-refractivity contribution is 7.91. The van der Waals surface area contributed by atoms with E-state index in [2.05, 4.69) is 4.72 Å². The molecule has 5 nitrogen and oxygen atoms in total. The summed E-state index contributed by atoms with van der Waals surface area (Å²) < 4.78 is 33.0. The SMILES string of the molecule is CCC1OCCC1CNS(=O)(=O)c1cc(C)c(CO)s1. The second-order valence-corrected chi connectivity index (χ2v) is 8.18. The highest BCUT2D eigenvalue weighted by atomic mass is 32.2. The zero-order chi connectivity index (χ0) is 14.8. The number of hydrogen-bond donors (Lipinski definition) is 2. The number of aliphatic hydroxyl groups is 1. The predicted octanol–water partition coefficient (Wildman–Crippen LogP) is 1.64. The molecule has 1 aromatic heterocycles. The summed E-state index contributed by atoms with van der Waals surface area (Å²) in [6, 6.07) is 1.61. The van der Waals surface area contributed by atoms with Crippen LogP contribution in [0.1, 0.15) is 30.2 Å². The Hall–Kier alpha value is -0.470. The van der Waals surface area contributed by atoms with Crippen LogP contribution in [0.15, 0.2) is 10.3 Å². The maximum absolute atomic E-state index is 12.2. The molecule has 20 heavy (non-hydrogen) atoms. The zero-order valence-corrected chi connectivity index (χ0v) is 13.4. The first kappa shape index (κ1) is 15.9. The fraction of sp³-hybridized carbons (Fsp3) is 0.692. The van der Waals surface area contributed by atoms with Crippen molar-refractivity contribution in [2.24, 2.45) is 5.92 Å². The summed E-state index contributed by atoms with van der Waals surface area (Å²) in [4.78, 5) is 0.695. The van der Waals surface area contributed by atoms with Crippen LogP contribution >= 0.6 is 11.3 Å². The number of thiophene rings is 1. The first-order valence-corrected chi connectivity index (χ1v) is 9.09. The first-order valence-electron chi connectivity index (χ1n) is 6.79. The third kappa shape index (κ3) is 3.40. The molecule has 2 rings (SSSR count). The van der Waals surface area contributed by atoms with Crippen molar-refractivity contribution in [3.63, 3.8) is 0 Å². The number of aryl methyl sites for hydroxylation is 1. The number of nitrogens with one attached hydrogen (secondary N) is 1. The molecule has 0 spiro atoms. The number of rotatable bonds is 6. The Morgan fingerprint density at radius 2 is 2.30 bits per heavy atom. The van der Waals surface area contributed by atoms with Gasteiger partial charge in [0, 0.05) is 23.9 Å². The van der Waals surface area contributed by atoms with Gasteiger partial charge in [0.2, 0.25) is 10.0 Å². The van der Waals surface area contributed by atoms with Gasteiger partial charge in [-0.15, -0.1) is 11.3 Å². The number of ether oxygens (including phenoxy) is 1. The maximum Gasteiger partial charge on any atom is 0.250 e. The molecule has 1 aliphatic rings. The van der Waals surface area contributed by atoms with Crippen LogP contribution in [-0.4, -0.2) is 32.8 Å². The lowest BCUT2D eigenvalue weighted by molar-refractivity contribution is 0.0884. The summed E-state index contributed by atoms with van der Waals surface area (Å²) in [5.41, 5.74) is 0.813. The molecule has 1 fully saturated rings. The van der Waals surface area contributed by atoms with E-state index in [1.807, 2.05) is 6.92 Å². The minimum atomic E-state index is -3.49. The van der Waals surface area contributed by atoms with Crippen molar-refractivity contribution < 1.29 is 18.3 Å². The molecule has 0 aromatic carbocycles.